The lowest BCUT2D eigenvalue weighted by Crippen LogP contribution is -2.07. The number of carbonyl (C=O) groups is 2. The average Bonchev–Trinajstić information content (AvgIpc) is 3.14. The molecule has 0 saturated carbocycles. The van der Waals surface area contributed by atoms with Gasteiger partial charge >= 0.3 is 11.9 Å². The maximum atomic E-state index is 12.4. The molecule has 1 aliphatic rings. The highest BCUT2D eigenvalue weighted by atomic mass is 16.6. The lowest BCUT2D eigenvalue weighted by Gasteiger charge is -2.09. The first-order valence-electron chi connectivity index (χ1n) is 9.98. The molecular weight excluding hydrogens is 394 g/mol. The van der Waals surface area contributed by atoms with Gasteiger partial charge in [0, 0.05) is 12.0 Å². The first-order valence-corrected chi connectivity index (χ1v) is 9.98. The van der Waals surface area contributed by atoms with Crippen molar-refractivity contribution in [1.82, 2.24) is 0 Å². The summed E-state index contributed by atoms with van der Waals surface area (Å²) in [7, 11) is 1.49. The number of fused-ring (bicyclic) bond motifs is 1. The van der Waals surface area contributed by atoms with Crippen molar-refractivity contribution in [2.75, 3.05) is 7.11 Å². The van der Waals surface area contributed by atoms with Crippen LogP contribution in [0, 0.1) is 0 Å². The molecule has 0 radical (unpaired) electrons. The zero-order chi connectivity index (χ0) is 21.8. The van der Waals surface area contributed by atoms with Crippen LogP contribution in [0.1, 0.15) is 30.9 Å². The number of hydrogen-bond donors (Lipinski definition) is 0. The summed E-state index contributed by atoms with van der Waals surface area (Å²) >= 11 is 0. The van der Waals surface area contributed by atoms with E-state index in [0.717, 1.165) is 16.3 Å². The maximum Gasteiger partial charge on any atom is 0.363 e. The van der Waals surface area contributed by atoms with Gasteiger partial charge in [-0.3, -0.25) is 4.79 Å². The number of esters is 2. The first kappa shape index (κ1) is 20.3. The van der Waals surface area contributed by atoms with Crippen molar-refractivity contribution in [2.45, 2.75) is 19.8 Å². The van der Waals surface area contributed by atoms with Crippen LogP contribution in [0.4, 0.5) is 0 Å². The van der Waals surface area contributed by atoms with E-state index >= 15 is 0 Å². The third-order valence-corrected chi connectivity index (χ3v) is 4.79. The van der Waals surface area contributed by atoms with E-state index < -0.39 is 5.97 Å². The summed E-state index contributed by atoms with van der Waals surface area (Å²) in [4.78, 5) is 28.5. The molecule has 1 heterocycles. The van der Waals surface area contributed by atoms with Crippen LogP contribution in [0.3, 0.4) is 0 Å². The second-order valence-corrected chi connectivity index (χ2v) is 7.03. The van der Waals surface area contributed by atoms with E-state index in [1.807, 2.05) is 49.4 Å². The second-order valence-electron chi connectivity index (χ2n) is 7.03. The molecule has 6 heteroatoms. The standard InChI is InChI=1S/C25H21NO5/c1-3-6-23(27)30-21-12-9-16(14-22(21)29-2)13-20-25(28)31-24(26-20)19-11-10-17-7-4-5-8-18(17)15-19/h4-5,7-15H,3,6H2,1-2H3/b20-13-. The molecule has 0 bridgehead atoms. The van der Waals surface area contributed by atoms with Crippen molar-refractivity contribution in [2.24, 2.45) is 4.99 Å². The first-order chi connectivity index (χ1) is 15.1. The fourth-order valence-electron chi connectivity index (χ4n) is 3.25. The Bertz CT molecular complexity index is 1230. The quantitative estimate of drug-likeness (QED) is 0.325. The lowest BCUT2D eigenvalue weighted by atomic mass is 10.1. The minimum Gasteiger partial charge on any atom is -0.493 e. The van der Waals surface area contributed by atoms with Gasteiger partial charge in [0.15, 0.2) is 17.2 Å². The van der Waals surface area contributed by atoms with Gasteiger partial charge in [-0.1, -0.05) is 43.3 Å². The summed E-state index contributed by atoms with van der Waals surface area (Å²) in [5.41, 5.74) is 1.58. The highest BCUT2D eigenvalue weighted by Crippen LogP contribution is 2.30. The van der Waals surface area contributed by atoms with Gasteiger partial charge in [0.2, 0.25) is 5.90 Å². The number of rotatable bonds is 6. The van der Waals surface area contributed by atoms with Crippen LogP contribution in [0.2, 0.25) is 0 Å². The van der Waals surface area contributed by atoms with E-state index in [1.54, 1.807) is 24.3 Å². The van der Waals surface area contributed by atoms with Gasteiger partial charge in [-0.15, -0.1) is 0 Å². The van der Waals surface area contributed by atoms with Crippen LogP contribution in [-0.2, 0) is 14.3 Å². The number of carbonyl (C=O) groups excluding carboxylic acids is 2. The minimum atomic E-state index is -0.527. The molecule has 0 aromatic heterocycles. The molecule has 6 nitrogen and oxygen atoms in total. The van der Waals surface area contributed by atoms with Gasteiger partial charge in [0.25, 0.3) is 0 Å². The molecule has 1 aliphatic heterocycles. The van der Waals surface area contributed by atoms with Crippen molar-refractivity contribution in [3.05, 3.63) is 77.5 Å². The maximum absolute atomic E-state index is 12.4. The number of methoxy groups -OCH3 is 1. The minimum absolute atomic E-state index is 0.181. The molecule has 0 saturated heterocycles. The summed E-state index contributed by atoms with van der Waals surface area (Å²) in [5.74, 6) is 0.136. The highest BCUT2D eigenvalue weighted by molar-refractivity contribution is 6.13. The largest absolute Gasteiger partial charge is 0.493 e. The Morgan fingerprint density at radius 2 is 1.84 bits per heavy atom. The van der Waals surface area contributed by atoms with Gasteiger partial charge < -0.3 is 14.2 Å². The van der Waals surface area contributed by atoms with Crippen molar-refractivity contribution in [3.8, 4) is 11.5 Å². The van der Waals surface area contributed by atoms with Gasteiger partial charge in [-0.25, -0.2) is 9.79 Å². The smallest absolute Gasteiger partial charge is 0.363 e. The summed E-state index contributed by atoms with van der Waals surface area (Å²) < 4.78 is 16.0. The zero-order valence-corrected chi connectivity index (χ0v) is 17.3. The zero-order valence-electron chi connectivity index (χ0n) is 17.3. The van der Waals surface area contributed by atoms with Crippen LogP contribution in [0.15, 0.2) is 71.4 Å². The van der Waals surface area contributed by atoms with E-state index in [9.17, 15) is 9.59 Å². The van der Waals surface area contributed by atoms with Crippen LogP contribution in [-0.4, -0.2) is 24.9 Å². The van der Waals surface area contributed by atoms with Crippen molar-refractivity contribution < 1.29 is 23.8 Å². The van der Waals surface area contributed by atoms with Crippen molar-refractivity contribution >= 4 is 34.7 Å². The summed E-state index contributed by atoms with van der Waals surface area (Å²) in [6.07, 6.45) is 2.63. The Balaban J connectivity index is 1.61. The van der Waals surface area contributed by atoms with Crippen LogP contribution in [0.5, 0.6) is 11.5 Å². The Hall–Kier alpha value is -3.93. The lowest BCUT2D eigenvalue weighted by molar-refractivity contribution is -0.134. The topological polar surface area (TPSA) is 74.2 Å². The molecule has 0 amide bonds. The number of ether oxygens (including phenoxy) is 3. The highest BCUT2D eigenvalue weighted by Gasteiger charge is 2.24. The summed E-state index contributed by atoms with van der Waals surface area (Å²) in [6.45, 7) is 1.90. The fourth-order valence-corrected chi connectivity index (χ4v) is 3.25. The van der Waals surface area contributed by atoms with Crippen LogP contribution < -0.4 is 9.47 Å². The Morgan fingerprint density at radius 1 is 1.03 bits per heavy atom. The van der Waals surface area contributed by atoms with E-state index in [4.69, 9.17) is 14.2 Å². The van der Waals surface area contributed by atoms with E-state index in [2.05, 4.69) is 4.99 Å². The van der Waals surface area contributed by atoms with Crippen molar-refractivity contribution in [1.29, 1.82) is 0 Å². The van der Waals surface area contributed by atoms with Crippen LogP contribution >= 0.6 is 0 Å². The Morgan fingerprint density at radius 3 is 2.61 bits per heavy atom. The molecule has 0 atom stereocenters. The van der Waals surface area contributed by atoms with E-state index in [1.165, 1.54) is 7.11 Å². The molecule has 3 aromatic rings. The summed E-state index contributed by atoms with van der Waals surface area (Å²) in [6, 6.07) is 18.7. The van der Waals surface area contributed by atoms with Gasteiger partial charge in [-0.2, -0.15) is 0 Å². The number of cyclic esters (lactones) is 1. The second kappa shape index (κ2) is 8.83. The molecular formula is C25H21NO5. The third-order valence-electron chi connectivity index (χ3n) is 4.79. The van der Waals surface area contributed by atoms with Gasteiger partial charge in [0.05, 0.1) is 7.11 Å². The molecule has 31 heavy (non-hydrogen) atoms. The molecule has 156 valence electrons. The molecule has 0 fully saturated rings. The molecule has 0 aliphatic carbocycles. The van der Waals surface area contributed by atoms with E-state index in [-0.39, 0.29) is 17.6 Å². The average molecular weight is 415 g/mol. The molecule has 4 rings (SSSR count). The monoisotopic (exact) mass is 415 g/mol. The Labute approximate surface area is 179 Å². The number of hydrogen-bond acceptors (Lipinski definition) is 6. The van der Waals surface area contributed by atoms with Crippen LogP contribution in [0.25, 0.3) is 16.8 Å². The Kier molecular flexibility index (Phi) is 5.80. The molecule has 0 spiro atoms. The van der Waals surface area contributed by atoms with Gasteiger partial charge in [0.1, 0.15) is 0 Å². The predicted molar refractivity (Wildman–Crippen MR) is 118 cm³/mol. The van der Waals surface area contributed by atoms with Crippen molar-refractivity contribution in [3.63, 3.8) is 0 Å². The van der Waals surface area contributed by atoms with E-state index in [0.29, 0.717) is 29.9 Å². The number of benzene rings is 3. The third kappa shape index (κ3) is 4.48. The predicted octanol–water partition coefficient (Wildman–Crippen LogP) is 4.90. The molecule has 3 aromatic carbocycles. The normalized spacial score (nSPS) is 14.5. The molecule has 0 N–H and O–H groups in total. The molecule has 0 unspecified atom stereocenters. The number of aliphatic imine (C=N–C) groups is 1. The SMILES string of the molecule is CCCC(=O)Oc1ccc(/C=C2\N=C(c3ccc4ccccc4c3)OC2=O)cc1OC. The van der Waals surface area contributed by atoms with Gasteiger partial charge in [-0.05, 0) is 53.1 Å². The summed E-state index contributed by atoms with van der Waals surface area (Å²) in [5, 5.41) is 2.13. The fraction of sp³-hybridized carbons (Fsp3) is 0.160. The number of nitrogens with zero attached hydrogens (tertiary/aromatic N) is 1.